The van der Waals surface area contributed by atoms with Gasteiger partial charge in [-0.25, -0.2) is 0 Å². The smallest absolute Gasteiger partial charge is 0.0701 e. The van der Waals surface area contributed by atoms with Crippen LogP contribution in [-0.2, 0) is 18.9 Å². The van der Waals surface area contributed by atoms with Gasteiger partial charge in [0, 0.05) is 6.61 Å². The van der Waals surface area contributed by atoms with Crippen LogP contribution in [0.3, 0.4) is 0 Å². The second-order valence-corrected chi connectivity index (χ2v) is 5.41. The number of rotatable bonds is 18. The molecule has 0 bridgehead atoms. The van der Waals surface area contributed by atoms with Gasteiger partial charge in [0.1, 0.15) is 0 Å². The fourth-order valence-electron chi connectivity index (χ4n) is 2.06. The summed E-state index contributed by atoms with van der Waals surface area (Å²) in [6, 6.07) is 0. The van der Waals surface area contributed by atoms with Crippen LogP contribution in [-0.4, -0.2) is 64.6 Å². The van der Waals surface area contributed by atoms with E-state index >= 15 is 0 Å². The highest BCUT2D eigenvalue weighted by molar-refractivity contribution is 4.56. The van der Waals surface area contributed by atoms with E-state index in [2.05, 4.69) is 13.8 Å². The number of hydrogen-bond acceptors (Lipinski definition) is 5. The Hall–Kier alpha value is -0.200. The van der Waals surface area contributed by atoms with Gasteiger partial charge in [-0.05, 0) is 12.3 Å². The number of aliphatic hydroxyl groups excluding tert-OH is 1. The Morgan fingerprint density at radius 2 is 1.27 bits per heavy atom. The predicted octanol–water partition coefficient (Wildman–Crippen LogP) is 2.65. The molecule has 1 atom stereocenters. The average molecular weight is 320 g/mol. The van der Waals surface area contributed by atoms with Crippen LogP contribution in [0.25, 0.3) is 0 Å². The maximum atomic E-state index is 8.52. The first-order valence-electron chi connectivity index (χ1n) is 8.76. The first-order valence-corrected chi connectivity index (χ1v) is 8.76. The van der Waals surface area contributed by atoms with Crippen molar-refractivity contribution in [2.45, 2.75) is 46.0 Å². The lowest BCUT2D eigenvalue weighted by Crippen LogP contribution is -2.14. The van der Waals surface area contributed by atoms with Crippen LogP contribution >= 0.6 is 0 Å². The van der Waals surface area contributed by atoms with Gasteiger partial charge in [-0.15, -0.1) is 0 Å². The molecular formula is C17H36O5. The highest BCUT2D eigenvalue weighted by atomic mass is 16.6. The van der Waals surface area contributed by atoms with Gasteiger partial charge in [0.2, 0.25) is 0 Å². The van der Waals surface area contributed by atoms with Crippen molar-refractivity contribution in [2.24, 2.45) is 5.92 Å². The van der Waals surface area contributed by atoms with E-state index in [0.29, 0.717) is 52.2 Å². The molecular weight excluding hydrogens is 284 g/mol. The Labute approximate surface area is 136 Å². The van der Waals surface area contributed by atoms with Gasteiger partial charge >= 0.3 is 0 Å². The summed E-state index contributed by atoms with van der Waals surface area (Å²) >= 11 is 0. The molecule has 0 radical (unpaired) electrons. The molecule has 0 aromatic rings. The number of aliphatic hydroxyl groups is 1. The molecule has 0 saturated carbocycles. The first kappa shape index (κ1) is 21.8. The fraction of sp³-hybridized carbons (Fsp3) is 1.00. The molecule has 0 fully saturated rings. The molecule has 22 heavy (non-hydrogen) atoms. The predicted molar refractivity (Wildman–Crippen MR) is 88.3 cm³/mol. The fourth-order valence-corrected chi connectivity index (χ4v) is 2.06. The molecule has 1 N–H and O–H groups in total. The van der Waals surface area contributed by atoms with E-state index in [1.54, 1.807) is 0 Å². The van der Waals surface area contributed by atoms with E-state index in [9.17, 15) is 0 Å². The maximum absolute atomic E-state index is 8.52. The molecule has 0 aliphatic carbocycles. The van der Waals surface area contributed by atoms with Crippen molar-refractivity contribution in [3.05, 3.63) is 0 Å². The van der Waals surface area contributed by atoms with Crippen molar-refractivity contribution < 1.29 is 24.1 Å². The van der Waals surface area contributed by atoms with E-state index in [4.69, 9.17) is 24.1 Å². The molecule has 0 amide bonds. The molecule has 0 spiro atoms. The van der Waals surface area contributed by atoms with Gasteiger partial charge < -0.3 is 24.1 Å². The minimum atomic E-state index is 0.0562. The van der Waals surface area contributed by atoms with Gasteiger partial charge in [-0.2, -0.15) is 0 Å². The third kappa shape index (κ3) is 16.2. The monoisotopic (exact) mass is 320 g/mol. The highest BCUT2D eigenvalue weighted by Crippen LogP contribution is 2.13. The zero-order chi connectivity index (χ0) is 16.3. The molecule has 5 nitrogen and oxygen atoms in total. The maximum Gasteiger partial charge on any atom is 0.0701 e. The van der Waals surface area contributed by atoms with Crippen LogP contribution in [0.2, 0.25) is 0 Å². The Morgan fingerprint density at radius 3 is 1.77 bits per heavy atom. The van der Waals surface area contributed by atoms with Gasteiger partial charge in [-0.1, -0.05) is 39.5 Å². The molecule has 1 unspecified atom stereocenters. The van der Waals surface area contributed by atoms with Crippen molar-refractivity contribution in [3.63, 3.8) is 0 Å². The average Bonchev–Trinajstić information content (AvgIpc) is 2.54. The Bertz CT molecular complexity index is 201. The summed E-state index contributed by atoms with van der Waals surface area (Å²) in [6.07, 6.45) is 6.38. The van der Waals surface area contributed by atoms with Crippen LogP contribution in [0.5, 0.6) is 0 Å². The minimum Gasteiger partial charge on any atom is -0.394 e. The van der Waals surface area contributed by atoms with E-state index in [0.717, 1.165) is 6.61 Å². The highest BCUT2D eigenvalue weighted by Gasteiger charge is 2.05. The summed E-state index contributed by atoms with van der Waals surface area (Å²) in [7, 11) is 0. The molecule has 0 heterocycles. The van der Waals surface area contributed by atoms with Crippen molar-refractivity contribution in [1.29, 1.82) is 0 Å². The van der Waals surface area contributed by atoms with Crippen LogP contribution in [0.4, 0.5) is 0 Å². The molecule has 5 heteroatoms. The SMILES string of the molecule is CCCCCC(CC)COCCOCCOCCOCCO. The number of unbranched alkanes of at least 4 members (excludes halogenated alkanes) is 2. The lowest BCUT2D eigenvalue weighted by Gasteiger charge is -2.15. The second kappa shape index (κ2) is 18.8. The topological polar surface area (TPSA) is 57.2 Å². The summed E-state index contributed by atoms with van der Waals surface area (Å²) in [5, 5.41) is 8.52. The zero-order valence-electron chi connectivity index (χ0n) is 14.6. The van der Waals surface area contributed by atoms with Crippen molar-refractivity contribution >= 4 is 0 Å². The Morgan fingerprint density at radius 1 is 0.727 bits per heavy atom. The second-order valence-electron chi connectivity index (χ2n) is 5.41. The third-order valence-electron chi connectivity index (χ3n) is 3.50. The van der Waals surface area contributed by atoms with Crippen LogP contribution in [0.1, 0.15) is 46.0 Å². The lowest BCUT2D eigenvalue weighted by atomic mass is 10.00. The lowest BCUT2D eigenvalue weighted by molar-refractivity contribution is -0.00948. The van der Waals surface area contributed by atoms with Crippen LogP contribution in [0, 0.1) is 5.92 Å². The van der Waals surface area contributed by atoms with E-state index in [1.807, 2.05) is 0 Å². The van der Waals surface area contributed by atoms with Crippen LogP contribution in [0.15, 0.2) is 0 Å². The van der Waals surface area contributed by atoms with Gasteiger partial charge in [0.25, 0.3) is 0 Å². The molecule has 0 aliphatic rings. The molecule has 0 rings (SSSR count). The van der Waals surface area contributed by atoms with Gasteiger partial charge in [-0.3, -0.25) is 0 Å². The Kier molecular flexibility index (Phi) is 18.7. The first-order chi connectivity index (χ1) is 10.8. The van der Waals surface area contributed by atoms with Crippen molar-refractivity contribution in [1.82, 2.24) is 0 Å². The van der Waals surface area contributed by atoms with Crippen molar-refractivity contribution in [2.75, 3.05) is 59.5 Å². The molecule has 134 valence electrons. The van der Waals surface area contributed by atoms with Crippen molar-refractivity contribution in [3.8, 4) is 0 Å². The number of hydrogen-bond donors (Lipinski definition) is 1. The van der Waals surface area contributed by atoms with Gasteiger partial charge in [0.05, 0.1) is 52.9 Å². The quantitative estimate of drug-likeness (QED) is 0.394. The standard InChI is InChI=1S/C17H36O5/c1-3-5-6-7-17(4-2)16-22-15-14-21-13-12-20-11-10-19-9-8-18/h17-18H,3-16H2,1-2H3. The van der Waals surface area contributed by atoms with E-state index in [1.165, 1.54) is 32.1 Å². The summed E-state index contributed by atoms with van der Waals surface area (Å²) < 4.78 is 21.5. The van der Waals surface area contributed by atoms with E-state index < -0.39 is 0 Å². The summed E-state index contributed by atoms with van der Waals surface area (Å²) in [6.45, 7) is 9.22. The number of ether oxygens (including phenoxy) is 4. The molecule has 0 aromatic heterocycles. The van der Waals surface area contributed by atoms with Crippen LogP contribution < -0.4 is 0 Å². The molecule has 0 aromatic carbocycles. The van der Waals surface area contributed by atoms with Gasteiger partial charge in [0.15, 0.2) is 0 Å². The Balaban J connectivity index is 3.18. The summed E-state index contributed by atoms with van der Waals surface area (Å²) in [5.41, 5.74) is 0. The summed E-state index contributed by atoms with van der Waals surface area (Å²) in [5.74, 6) is 0.689. The third-order valence-corrected chi connectivity index (χ3v) is 3.50. The van der Waals surface area contributed by atoms with E-state index in [-0.39, 0.29) is 6.61 Å². The molecule has 0 saturated heterocycles. The molecule has 0 aliphatic heterocycles. The zero-order valence-corrected chi connectivity index (χ0v) is 14.6. The summed E-state index contributed by atoms with van der Waals surface area (Å²) in [4.78, 5) is 0. The minimum absolute atomic E-state index is 0.0562. The normalized spacial score (nSPS) is 12.7. The largest absolute Gasteiger partial charge is 0.394 e.